The zero-order valence-electron chi connectivity index (χ0n) is 29.5. The fourth-order valence-corrected chi connectivity index (χ4v) is 8.91. The summed E-state index contributed by atoms with van der Waals surface area (Å²) in [6.07, 6.45) is 7.61. The maximum absolute atomic E-state index is 15.0. The molecule has 1 N–H and O–H groups in total. The number of ether oxygens (including phenoxy) is 2. The van der Waals surface area contributed by atoms with Gasteiger partial charge in [-0.15, -0.1) is 0 Å². The first kappa shape index (κ1) is 37.0. The molecule has 0 unspecified atom stereocenters. The number of esters is 1. The highest BCUT2D eigenvalue weighted by Crippen LogP contribution is 2.59. The third kappa shape index (κ3) is 7.04. The predicted molar refractivity (Wildman–Crippen MR) is 195 cm³/mol. The average molecular weight is 763 g/mol. The maximum Gasteiger partial charge on any atom is 0.313 e. The van der Waals surface area contributed by atoms with Gasteiger partial charge in [0, 0.05) is 31.0 Å². The summed E-state index contributed by atoms with van der Waals surface area (Å²) < 4.78 is 13.7. The topological polar surface area (TPSA) is 117 Å². The van der Waals surface area contributed by atoms with Crippen LogP contribution in [-0.4, -0.2) is 100 Å². The van der Waals surface area contributed by atoms with E-state index < -0.39 is 59.6 Å². The summed E-state index contributed by atoms with van der Waals surface area (Å²) in [5, 5.41) is 10.9. The SMILES string of the molecule is CCCCCN1C/C=C\CCC(=O)N(C)[C@@H](C)[C@H](c2ccccc2)OC(=O)[C@H]2[C@@H]3O[C@@]4(C=C3Br)[C@@H]2C(=O)N([C@@H](CO)Cc2ccccc2)[C@@H]4C1=O. The molecule has 272 valence electrons. The first-order valence-corrected chi connectivity index (χ1v) is 18.9. The number of unbranched alkanes of at least 4 members (excludes halogenated alkanes) is 2. The van der Waals surface area contributed by atoms with Crippen LogP contribution in [0.25, 0.3) is 0 Å². The highest BCUT2D eigenvalue weighted by molar-refractivity contribution is 9.11. The first-order chi connectivity index (χ1) is 24.6. The highest BCUT2D eigenvalue weighted by Gasteiger charge is 2.75. The first-order valence-electron chi connectivity index (χ1n) is 18.1. The van der Waals surface area contributed by atoms with Gasteiger partial charge in [-0.05, 0) is 43.4 Å². The Bertz CT molecular complexity index is 1650. The van der Waals surface area contributed by atoms with Crippen molar-refractivity contribution in [3.63, 3.8) is 0 Å². The molecule has 2 aromatic rings. The Morgan fingerprint density at radius 3 is 2.35 bits per heavy atom. The maximum atomic E-state index is 15.0. The lowest BCUT2D eigenvalue weighted by Crippen LogP contribution is -2.59. The highest BCUT2D eigenvalue weighted by atomic mass is 79.9. The molecule has 0 radical (unpaired) electrons. The van der Waals surface area contributed by atoms with Crippen LogP contribution in [0.3, 0.4) is 0 Å². The molecule has 8 atom stereocenters. The van der Waals surface area contributed by atoms with Crippen LogP contribution in [0.1, 0.15) is 63.2 Å². The number of hydrogen-bond acceptors (Lipinski definition) is 7. The van der Waals surface area contributed by atoms with E-state index in [4.69, 9.17) is 9.47 Å². The van der Waals surface area contributed by atoms with Gasteiger partial charge in [-0.25, -0.2) is 0 Å². The van der Waals surface area contributed by atoms with Crippen LogP contribution < -0.4 is 0 Å². The van der Waals surface area contributed by atoms with Crippen molar-refractivity contribution in [3.05, 3.63) is 94.5 Å². The van der Waals surface area contributed by atoms with Gasteiger partial charge in [0.1, 0.15) is 29.8 Å². The summed E-state index contributed by atoms with van der Waals surface area (Å²) in [5.74, 6) is -3.61. The van der Waals surface area contributed by atoms with Crippen molar-refractivity contribution in [2.75, 3.05) is 26.7 Å². The lowest BCUT2D eigenvalue weighted by molar-refractivity contribution is -0.164. The number of nitrogens with zero attached hydrogens (tertiary/aromatic N) is 3. The summed E-state index contributed by atoms with van der Waals surface area (Å²) in [6, 6.07) is 16.4. The van der Waals surface area contributed by atoms with Gasteiger partial charge in [0.2, 0.25) is 17.7 Å². The van der Waals surface area contributed by atoms with E-state index in [1.54, 1.807) is 22.9 Å². The fourth-order valence-electron chi connectivity index (χ4n) is 8.18. The number of aliphatic hydroxyl groups is 1. The normalized spacial score (nSPS) is 31.1. The Kier molecular flexibility index (Phi) is 11.5. The number of allylic oxidation sites excluding steroid dienone is 1. The minimum Gasteiger partial charge on any atom is -0.455 e. The molecule has 11 heteroatoms. The molecule has 0 aromatic heterocycles. The van der Waals surface area contributed by atoms with Crippen LogP contribution in [0.4, 0.5) is 0 Å². The Balaban J connectivity index is 1.47. The quantitative estimate of drug-likeness (QED) is 0.218. The second-order valence-electron chi connectivity index (χ2n) is 14.1. The van der Waals surface area contributed by atoms with E-state index in [0.29, 0.717) is 29.4 Å². The van der Waals surface area contributed by atoms with Crippen LogP contribution in [0.15, 0.2) is 83.4 Å². The van der Waals surface area contributed by atoms with E-state index in [2.05, 4.69) is 22.9 Å². The number of benzene rings is 2. The van der Waals surface area contributed by atoms with E-state index in [9.17, 15) is 19.5 Å². The van der Waals surface area contributed by atoms with Gasteiger partial charge < -0.3 is 29.3 Å². The second-order valence-corrected chi connectivity index (χ2v) is 15.0. The third-order valence-electron chi connectivity index (χ3n) is 11.0. The largest absolute Gasteiger partial charge is 0.455 e. The Labute approximate surface area is 308 Å². The van der Waals surface area contributed by atoms with Crippen LogP contribution in [0.2, 0.25) is 0 Å². The molecule has 10 nitrogen and oxygen atoms in total. The molecule has 0 aliphatic carbocycles. The van der Waals surface area contributed by atoms with E-state index in [1.165, 1.54) is 4.90 Å². The number of cyclic esters (lactones) is 1. The van der Waals surface area contributed by atoms with Gasteiger partial charge in [-0.1, -0.05) is 109 Å². The molecule has 2 aromatic carbocycles. The summed E-state index contributed by atoms with van der Waals surface area (Å²) in [4.78, 5) is 62.8. The molecule has 1 spiro atoms. The fraction of sp³-hybridized carbons (Fsp3) is 0.500. The van der Waals surface area contributed by atoms with Crippen LogP contribution in [-0.2, 0) is 35.1 Å². The third-order valence-corrected chi connectivity index (χ3v) is 11.6. The van der Waals surface area contributed by atoms with Crippen molar-refractivity contribution in [2.45, 2.75) is 88.3 Å². The van der Waals surface area contributed by atoms with E-state index in [-0.39, 0.29) is 31.4 Å². The summed E-state index contributed by atoms with van der Waals surface area (Å²) in [7, 11) is 1.71. The molecule has 0 saturated carbocycles. The van der Waals surface area contributed by atoms with Gasteiger partial charge in [0.25, 0.3) is 0 Å². The van der Waals surface area contributed by atoms with Crippen molar-refractivity contribution < 1.29 is 33.8 Å². The molecule has 4 aliphatic heterocycles. The summed E-state index contributed by atoms with van der Waals surface area (Å²) in [6.45, 7) is 4.29. The molecule has 4 heterocycles. The predicted octanol–water partition coefficient (Wildman–Crippen LogP) is 4.96. The average Bonchev–Trinajstić information content (AvgIpc) is 3.74. The molecule has 2 saturated heterocycles. The van der Waals surface area contributed by atoms with Crippen molar-refractivity contribution in [1.29, 1.82) is 0 Å². The van der Waals surface area contributed by atoms with Crippen molar-refractivity contribution >= 4 is 39.6 Å². The number of likely N-dealkylation sites (tertiary alicyclic amines) is 1. The number of amides is 3. The number of carbonyl (C=O) groups is 4. The van der Waals surface area contributed by atoms with Crippen molar-refractivity contribution in [1.82, 2.24) is 14.7 Å². The van der Waals surface area contributed by atoms with Gasteiger partial charge in [0.05, 0.1) is 24.6 Å². The van der Waals surface area contributed by atoms with E-state index >= 15 is 4.79 Å². The number of likely N-dealkylation sites (N-methyl/N-ethyl adjacent to an activating group) is 1. The number of halogens is 1. The number of carbonyl (C=O) groups excluding carboxylic acids is 4. The number of hydrogen-bond donors (Lipinski definition) is 1. The number of fused-ring (bicyclic) bond motifs is 2. The minimum absolute atomic E-state index is 0.101. The molecule has 3 amide bonds. The molecular formula is C40H48BrN3O7. The van der Waals surface area contributed by atoms with Gasteiger partial charge in [0.15, 0.2) is 0 Å². The van der Waals surface area contributed by atoms with Crippen LogP contribution in [0.5, 0.6) is 0 Å². The van der Waals surface area contributed by atoms with E-state index in [1.807, 2.05) is 79.7 Å². The minimum atomic E-state index is -1.47. The molecule has 4 aliphatic rings. The van der Waals surface area contributed by atoms with Crippen molar-refractivity contribution in [3.8, 4) is 0 Å². The Morgan fingerprint density at radius 2 is 1.67 bits per heavy atom. The lowest BCUT2D eigenvalue weighted by Gasteiger charge is -2.39. The summed E-state index contributed by atoms with van der Waals surface area (Å²) >= 11 is 3.64. The number of rotatable bonds is 9. The van der Waals surface area contributed by atoms with Gasteiger partial charge >= 0.3 is 5.97 Å². The lowest BCUT2D eigenvalue weighted by atomic mass is 9.74. The summed E-state index contributed by atoms with van der Waals surface area (Å²) in [5.41, 5.74) is 0.147. The van der Waals surface area contributed by atoms with Crippen LogP contribution >= 0.6 is 15.9 Å². The Morgan fingerprint density at radius 1 is 0.961 bits per heavy atom. The zero-order valence-corrected chi connectivity index (χ0v) is 31.1. The monoisotopic (exact) mass is 761 g/mol. The molecule has 51 heavy (non-hydrogen) atoms. The molecule has 2 fully saturated rings. The van der Waals surface area contributed by atoms with Gasteiger partial charge in [-0.3, -0.25) is 19.2 Å². The second kappa shape index (κ2) is 15.8. The molecule has 6 rings (SSSR count). The van der Waals surface area contributed by atoms with Crippen LogP contribution in [0, 0.1) is 11.8 Å². The zero-order chi connectivity index (χ0) is 36.3. The molecular weight excluding hydrogens is 714 g/mol. The van der Waals surface area contributed by atoms with E-state index in [0.717, 1.165) is 24.8 Å². The number of aliphatic hydroxyl groups excluding tert-OH is 1. The van der Waals surface area contributed by atoms with Gasteiger partial charge in [-0.2, -0.15) is 0 Å². The smallest absolute Gasteiger partial charge is 0.313 e. The standard InChI is InChI=1S/C40H48BrN3O7/c1-4-5-14-21-43-22-15-8-13-20-31(46)42(3)26(2)34(28-18-11-7-12-19-28)50-39(49)32-33-37(47)44(29(25-45)23-27-16-9-6-10-17-27)36(38(43)48)40(33)24-30(41)35(32)51-40/h6-12,15-19,24,26,29,32-36,45H,4-5,13-14,20-23,25H2,1-3H3/b15-8-/t26-,29+,32+,33-,34+,35+,36+,40-/m0/s1. The van der Waals surface area contributed by atoms with Crippen molar-refractivity contribution in [2.24, 2.45) is 11.8 Å². The Hall–Kier alpha value is -3.80. The molecule has 5 bridgehead atoms.